The Balaban J connectivity index is 2.37. The van der Waals surface area contributed by atoms with Crippen molar-refractivity contribution in [1.82, 2.24) is 0 Å². The predicted octanol–water partition coefficient (Wildman–Crippen LogP) is 5.16. The number of rotatable bonds is 8. The van der Waals surface area contributed by atoms with Crippen LogP contribution in [0.2, 0.25) is 0 Å². The molecule has 0 saturated heterocycles. The minimum Gasteiger partial charge on any atom is -0.0928 e. The summed E-state index contributed by atoms with van der Waals surface area (Å²) < 4.78 is 1.28. The van der Waals surface area contributed by atoms with Gasteiger partial charge in [0, 0.05) is 5.33 Å². The van der Waals surface area contributed by atoms with Crippen LogP contribution in [-0.2, 0) is 12.8 Å². The fourth-order valence-corrected chi connectivity index (χ4v) is 2.72. The molecule has 2 heteroatoms. The average molecular weight is 395 g/mol. The Morgan fingerprint density at radius 1 is 0.938 bits per heavy atom. The van der Waals surface area contributed by atoms with Crippen LogP contribution in [0.15, 0.2) is 24.3 Å². The van der Waals surface area contributed by atoms with Gasteiger partial charge in [0.15, 0.2) is 0 Å². The van der Waals surface area contributed by atoms with Crippen LogP contribution >= 0.6 is 38.5 Å². The number of hydrogen-bond acceptors (Lipinski definition) is 0. The Labute approximate surface area is 121 Å². The lowest BCUT2D eigenvalue weighted by Crippen LogP contribution is -1.91. The Bertz CT molecular complexity index is 261. The van der Waals surface area contributed by atoms with Gasteiger partial charge in [-0.25, -0.2) is 0 Å². The molecule has 0 radical (unpaired) electrons. The molecule has 1 aromatic rings. The van der Waals surface area contributed by atoms with E-state index in [1.54, 1.807) is 0 Å². The molecule has 16 heavy (non-hydrogen) atoms. The highest BCUT2D eigenvalue weighted by Crippen LogP contribution is 2.12. The maximum absolute atomic E-state index is 3.48. The molecular weight excluding hydrogens is 375 g/mol. The summed E-state index contributed by atoms with van der Waals surface area (Å²) in [7, 11) is 0. The second-order valence-electron chi connectivity index (χ2n) is 4.11. The molecule has 0 amide bonds. The van der Waals surface area contributed by atoms with Crippen molar-refractivity contribution in [1.29, 1.82) is 0 Å². The summed E-state index contributed by atoms with van der Waals surface area (Å²) in [5.41, 5.74) is 3.02. The molecule has 0 spiro atoms. The molecule has 1 rings (SSSR count). The molecule has 0 aromatic heterocycles. The van der Waals surface area contributed by atoms with E-state index < -0.39 is 0 Å². The first-order valence-electron chi connectivity index (χ1n) is 6.06. The highest BCUT2D eigenvalue weighted by molar-refractivity contribution is 14.1. The summed E-state index contributed by atoms with van der Waals surface area (Å²) in [6, 6.07) is 9.13. The van der Waals surface area contributed by atoms with Gasteiger partial charge in [0.2, 0.25) is 0 Å². The molecule has 0 bridgehead atoms. The monoisotopic (exact) mass is 394 g/mol. The molecule has 1 aromatic carbocycles. The Kier molecular flexibility index (Phi) is 8.57. The molecule has 0 aliphatic heterocycles. The molecule has 0 nitrogen and oxygen atoms in total. The number of halogens is 2. The van der Waals surface area contributed by atoms with Crippen LogP contribution in [0.25, 0.3) is 0 Å². The molecule has 0 saturated carbocycles. The van der Waals surface area contributed by atoms with Crippen LogP contribution in [0.1, 0.15) is 36.8 Å². The van der Waals surface area contributed by atoms with E-state index in [0.717, 1.165) is 5.33 Å². The van der Waals surface area contributed by atoms with Crippen LogP contribution < -0.4 is 0 Å². The van der Waals surface area contributed by atoms with Gasteiger partial charge in [-0.1, -0.05) is 62.8 Å². The van der Waals surface area contributed by atoms with Crippen molar-refractivity contribution in [3.63, 3.8) is 0 Å². The maximum atomic E-state index is 3.48. The van der Waals surface area contributed by atoms with Crippen molar-refractivity contribution in [3.8, 4) is 0 Å². The molecular formula is C14H20BrI. The zero-order chi connectivity index (χ0) is 11.6. The van der Waals surface area contributed by atoms with Gasteiger partial charge in [-0.2, -0.15) is 0 Å². The second kappa shape index (κ2) is 9.46. The summed E-state index contributed by atoms with van der Waals surface area (Å²) >= 11 is 5.93. The lowest BCUT2D eigenvalue weighted by Gasteiger charge is -2.04. The van der Waals surface area contributed by atoms with E-state index in [9.17, 15) is 0 Å². The van der Waals surface area contributed by atoms with E-state index in [2.05, 4.69) is 62.8 Å². The summed E-state index contributed by atoms with van der Waals surface area (Å²) in [6.45, 7) is 0. The number of benzene rings is 1. The van der Waals surface area contributed by atoms with Crippen LogP contribution in [0.3, 0.4) is 0 Å². The topological polar surface area (TPSA) is 0 Å². The molecule has 90 valence electrons. The molecule has 0 atom stereocenters. The van der Waals surface area contributed by atoms with Crippen molar-refractivity contribution in [3.05, 3.63) is 35.4 Å². The lowest BCUT2D eigenvalue weighted by molar-refractivity contribution is 0.792. The van der Waals surface area contributed by atoms with Gasteiger partial charge in [0.1, 0.15) is 0 Å². The largest absolute Gasteiger partial charge is 0.0928 e. The van der Waals surface area contributed by atoms with Gasteiger partial charge < -0.3 is 0 Å². The predicted molar refractivity (Wildman–Crippen MR) is 85.0 cm³/mol. The third kappa shape index (κ3) is 6.24. The number of hydrogen-bond donors (Lipinski definition) is 0. The molecule has 0 unspecified atom stereocenters. The molecule has 0 aliphatic rings. The van der Waals surface area contributed by atoms with Gasteiger partial charge >= 0.3 is 0 Å². The Hall–Kier alpha value is 0.430. The Morgan fingerprint density at radius 2 is 1.56 bits per heavy atom. The quantitative estimate of drug-likeness (QED) is 0.324. The third-order valence-corrected chi connectivity index (χ3v) is 4.01. The maximum Gasteiger partial charge on any atom is 0.00314 e. The molecule has 0 N–H and O–H groups in total. The summed E-state index contributed by atoms with van der Waals surface area (Å²) in [4.78, 5) is 0. The zero-order valence-corrected chi connectivity index (χ0v) is 13.5. The van der Waals surface area contributed by atoms with Crippen LogP contribution in [0.5, 0.6) is 0 Å². The van der Waals surface area contributed by atoms with E-state index >= 15 is 0 Å². The van der Waals surface area contributed by atoms with Crippen molar-refractivity contribution in [2.75, 3.05) is 9.76 Å². The fourth-order valence-electron chi connectivity index (χ4n) is 1.79. The first-order valence-corrected chi connectivity index (χ1v) is 8.71. The van der Waals surface area contributed by atoms with Crippen LogP contribution in [-0.4, -0.2) is 9.76 Å². The van der Waals surface area contributed by atoms with Crippen LogP contribution in [0.4, 0.5) is 0 Å². The minimum atomic E-state index is 1.13. The SMILES string of the molecule is BrCCCCc1cccc(CCCCI)c1. The normalized spacial score (nSPS) is 10.6. The molecule has 0 fully saturated rings. The summed E-state index contributed by atoms with van der Waals surface area (Å²) in [6.07, 6.45) is 7.71. The van der Waals surface area contributed by atoms with Crippen molar-refractivity contribution < 1.29 is 0 Å². The smallest absolute Gasteiger partial charge is 0.00314 e. The number of aryl methyl sites for hydroxylation is 2. The summed E-state index contributed by atoms with van der Waals surface area (Å²) in [5.74, 6) is 0. The van der Waals surface area contributed by atoms with Crippen LogP contribution in [0, 0.1) is 0 Å². The first kappa shape index (κ1) is 14.5. The van der Waals surface area contributed by atoms with E-state index in [-0.39, 0.29) is 0 Å². The lowest BCUT2D eigenvalue weighted by atomic mass is 10.0. The van der Waals surface area contributed by atoms with Crippen molar-refractivity contribution in [2.45, 2.75) is 38.5 Å². The number of alkyl halides is 2. The zero-order valence-electron chi connectivity index (χ0n) is 9.72. The first-order chi connectivity index (χ1) is 7.86. The van der Waals surface area contributed by atoms with Gasteiger partial charge in [-0.05, 0) is 54.1 Å². The highest BCUT2D eigenvalue weighted by atomic mass is 127. The van der Waals surface area contributed by atoms with Gasteiger partial charge in [0.05, 0.1) is 0 Å². The second-order valence-corrected chi connectivity index (χ2v) is 5.98. The fraction of sp³-hybridized carbons (Fsp3) is 0.571. The van der Waals surface area contributed by atoms with Gasteiger partial charge in [-0.3, -0.25) is 0 Å². The van der Waals surface area contributed by atoms with Gasteiger partial charge in [-0.15, -0.1) is 0 Å². The van der Waals surface area contributed by atoms with E-state index in [1.165, 1.54) is 54.1 Å². The van der Waals surface area contributed by atoms with E-state index in [4.69, 9.17) is 0 Å². The molecule has 0 heterocycles. The third-order valence-electron chi connectivity index (χ3n) is 2.69. The summed E-state index contributed by atoms with van der Waals surface area (Å²) in [5, 5.41) is 1.13. The standard InChI is InChI=1S/C14H20BrI/c15-10-3-1-6-13-8-5-9-14(12-13)7-2-4-11-16/h5,8-9,12H,1-4,6-7,10-11H2. The van der Waals surface area contributed by atoms with Crippen molar-refractivity contribution >= 4 is 38.5 Å². The Morgan fingerprint density at radius 3 is 2.12 bits per heavy atom. The average Bonchev–Trinajstić information content (AvgIpc) is 2.30. The number of unbranched alkanes of at least 4 members (excludes halogenated alkanes) is 2. The minimum absolute atomic E-state index is 1.13. The molecule has 0 aliphatic carbocycles. The van der Waals surface area contributed by atoms with Crippen molar-refractivity contribution in [2.24, 2.45) is 0 Å². The van der Waals surface area contributed by atoms with Gasteiger partial charge in [0.25, 0.3) is 0 Å². The highest BCUT2D eigenvalue weighted by Gasteiger charge is 1.97. The van der Waals surface area contributed by atoms with E-state index in [1.807, 2.05) is 0 Å². The van der Waals surface area contributed by atoms with E-state index in [0.29, 0.717) is 0 Å².